The topological polar surface area (TPSA) is 97.3 Å². The average Bonchev–Trinajstić information content (AvgIpc) is 3.05. The van der Waals surface area contributed by atoms with Crippen molar-refractivity contribution in [1.29, 1.82) is 0 Å². The van der Waals surface area contributed by atoms with Gasteiger partial charge in [0, 0.05) is 45.4 Å². The van der Waals surface area contributed by atoms with Crippen molar-refractivity contribution >= 4 is 50.7 Å². The van der Waals surface area contributed by atoms with Crippen LogP contribution >= 0.6 is 11.6 Å². The second kappa shape index (κ2) is 13.9. The third kappa shape index (κ3) is 6.56. The number of aromatic nitrogens is 3. The molecular formula is C35H36ClN5O3. The molecule has 44 heavy (non-hydrogen) atoms. The van der Waals surface area contributed by atoms with Crippen LogP contribution in [0.5, 0.6) is 5.75 Å². The molecule has 1 unspecified atom stereocenters. The first-order chi connectivity index (χ1) is 21.3. The summed E-state index contributed by atoms with van der Waals surface area (Å²) in [6.45, 7) is 10.0. The summed E-state index contributed by atoms with van der Waals surface area (Å²) in [5.41, 5.74) is 4.73. The van der Waals surface area contributed by atoms with E-state index in [0.717, 1.165) is 59.3 Å². The summed E-state index contributed by atoms with van der Waals surface area (Å²) in [6, 6.07) is 19.3. The first-order valence-corrected chi connectivity index (χ1v) is 15.3. The monoisotopic (exact) mass is 609 g/mol. The Labute approximate surface area is 262 Å². The van der Waals surface area contributed by atoms with Gasteiger partial charge in [0.15, 0.2) is 0 Å². The average molecular weight is 610 g/mol. The third-order valence-electron chi connectivity index (χ3n) is 7.88. The molecule has 0 bridgehead atoms. The van der Waals surface area contributed by atoms with Gasteiger partial charge in [0.05, 0.1) is 23.8 Å². The second-order valence-corrected chi connectivity index (χ2v) is 11.1. The zero-order valence-electron chi connectivity index (χ0n) is 25.4. The van der Waals surface area contributed by atoms with Crippen LogP contribution in [0.25, 0.3) is 32.9 Å². The van der Waals surface area contributed by atoms with E-state index in [4.69, 9.17) is 21.3 Å². The number of ketones is 2. The molecule has 0 spiro atoms. The van der Waals surface area contributed by atoms with Crippen molar-refractivity contribution in [2.45, 2.75) is 39.7 Å². The Kier molecular flexibility index (Phi) is 9.82. The maximum Gasteiger partial charge on any atom is 0.254 e. The summed E-state index contributed by atoms with van der Waals surface area (Å²) in [5, 5.41) is 6.61. The van der Waals surface area contributed by atoms with Gasteiger partial charge in [-0.3, -0.25) is 19.6 Å². The Morgan fingerprint density at radius 3 is 2.14 bits per heavy atom. The number of nitrogens with zero attached hydrogens (tertiary/aromatic N) is 4. The lowest BCUT2D eigenvalue weighted by atomic mass is 9.90. The molecule has 6 rings (SSSR count). The van der Waals surface area contributed by atoms with E-state index in [1.165, 1.54) is 18.8 Å². The number of rotatable bonds is 9. The summed E-state index contributed by atoms with van der Waals surface area (Å²) in [5.74, 6) is -0.330. The van der Waals surface area contributed by atoms with Crippen LogP contribution in [0.15, 0.2) is 73.1 Å². The van der Waals surface area contributed by atoms with Gasteiger partial charge in [0.25, 0.3) is 11.6 Å². The number of nitrogens with one attached hydrogen (secondary N) is 1. The predicted octanol–water partition coefficient (Wildman–Crippen LogP) is 7.50. The van der Waals surface area contributed by atoms with Crippen LogP contribution in [-0.4, -0.2) is 64.2 Å². The fourth-order valence-electron chi connectivity index (χ4n) is 5.48. The van der Waals surface area contributed by atoms with Crippen molar-refractivity contribution in [3.63, 3.8) is 0 Å². The molecule has 3 heterocycles. The molecular weight excluding hydrogens is 574 g/mol. The van der Waals surface area contributed by atoms with Gasteiger partial charge in [-0.05, 0) is 87.9 Å². The van der Waals surface area contributed by atoms with Crippen molar-refractivity contribution in [1.82, 2.24) is 19.9 Å². The highest BCUT2D eigenvalue weighted by Gasteiger charge is 2.32. The lowest BCUT2D eigenvalue weighted by molar-refractivity contribution is 0.0809. The second-order valence-electron chi connectivity index (χ2n) is 10.7. The molecule has 1 atom stereocenters. The molecule has 226 valence electrons. The summed E-state index contributed by atoms with van der Waals surface area (Å²) >= 11 is 6.22. The van der Waals surface area contributed by atoms with Gasteiger partial charge in [-0.15, -0.1) is 0 Å². The van der Waals surface area contributed by atoms with Crippen LogP contribution in [0.1, 0.15) is 54.6 Å². The highest BCUT2D eigenvalue weighted by molar-refractivity contribution is 6.52. The van der Waals surface area contributed by atoms with Gasteiger partial charge in [-0.1, -0.05) is 37.6 Å². The molecule has 5 aromatic rings. The predicted molar refractivity (Wildman–Crippen MR) is 177 cm³/mol. The number of methoxy groups -OCH3 is 1. The number of halogens is 1. The molecule has 1 N–H and O–H groups in total. The zero-order valence-corrected chi connectivity index (χ0v) is 26.2. The molecule has 0 saturated heterocycles. The first-order valence-electron chi connectivity index (χ1n) is 14.9. The maximum atomic E-state index is 11.7. The summed E-state index contributed by atoms with van der Waals surface area (Å²) < 4.78 is 5.45. The number of pyridine rings is 3. The van der Waals surface area contributed by atoms with Crippen LogP contribution in [0.2, 0.25) is 5.02 Å². The SMILES string of the molecule is CCN(CC)CCCC(C)Nc1c2ccc(Cl)cc2nc2ccc(OC)cc12.O=C1C(=O)c2ncccc2-c2cccnc21. The number of hydrogen-bond acceptors (Lipinski definition) is 8. The van der Waals surface area contributed by atoms with E-state index in [-0.39, 0.29) is 11.4 Å². The first kappa shape index (κ1) is 31.0. The van der Waals surface area contributed by atoms with Gasteiger partial charge in [0.2, 0.25) is 0 Å². The fourth-order valence-corrected chi connectivity index (χ4v) is 5.65. The van der Waals surface area contributed by atoms with E-state index in [1.807, 2.05) is 24.3 Å². The highest BCUT2D eigenvalue weighted by Crippen LogP contribution is 2.35. The summed E-state index contributed by atoms with van der Waals surface area (Å²) in [7, 11) is 1.69. The molecule has 8 nitrogen and oxygen atoms in total. The largest absolute Gasteiger partial charge is 0.497 e. The van der Waals surface area contributed by atoms with Gasteiger partial charge in [0.1, 0.15) is 17.1 Å². The molecule has 3 aromatic heterocycles. The Morgan fingerprint density at radius 1 is 0.864 bits per heavy atom. The summed E-state index contributed by atoms with van der Waals surface area (Å²) in [4.78, 5) is 38.6. The van der Waals surface area contributed by atoms with Crippen LogP contribution in [0, 0.1) is 0 Å². The molecule has 2 aromatic carbocycles. The molecule has 0 aliphatic heterocycles. The molecule has 0 fully saturated rings. The standard InChI is InChI=1S/C23H30ClN3O.C12H6N2O2/c1-5-27(6-2)13-7-8-16(3)25-23-19-11-9-17(24)14-22(19)26-21-12-10-18(28-4)15-20(21)23;15-11-9-7(3-1-5-13-9)8-4-2-6-14-10(8)12(11)16/h9-12,14-16H,5-8,13H2,1-4H3,(H,25,26);1-6H. The number of anilines is 1. The van der Waals surface area contributed by atoms with Crippen LogP contribution in [-0.2, 0) is 0 Å². The van der Waals surface area contributed by atoms with Gasteiger partial charge in [-0.2, -0.15) is 0 Å². The Hall–Kier alpha value is -4.40. The van der Waals surface area contributed by atoms with Crippen LogP contribution in [0.3, 0.4) is 0 Å². The van der Waals surface area contributed by atoms with Crippen molar-refractivity contribution < 1.29 is 14.3 Å². The fraction of sp³-hybridized carbons (Fsp3) is 0.286. The van der Waals surface area contributed by atoms with Crippen molar-refractivity contribution in [2.24, 2.45) is 0 Å². The number of hydrogen-bond donors (Lipinski definition) is 1. The van der Waals surface area contributed by atoms with E-state index in [9.17, 15) is 9.59 Å². The van der Waals surface area contributed by atoms with E-state index < -0.39 is 11.6 Å². The van der Waals surface area contributed by atoms with Gasteiger partial charge >= 0.3 is 0 Å². The molecule has 9 heteroatoms. The minimum absolute atomic E-state index is 0.216. The molecule has 1 aliphatic rings. The molecule has 0 saturated carbocycles. The van der Waals surface area contributed by atoms with Crippen LogP contribution < -0.4 is 10.1 Å². The van der Waals surface area contributed by atoms with E-state index in [2.05, 4.69) is 53.1 Å². The number of carbonyl (C=O) groups excluding carboxylic acids is 2. The quantitative estimate of drug-likeness (QED) is 0.136. The molecule has 0 amide bonds. The van der Waals surface area contributed by atoms with E-state index >= 15 is 0 Å². The number of Topliss-reactive ketones (excluding diaryl/α,β-unsaturated/α-hetero) is 2. The summed E-state index contributed by atoms with van der Waals surface area (Å²) in [6.07, 6.45) is 5.29. The number of fused-ring (bicyclic) bond motifs is 5. The van der Waals surface area contributed by atoms with Crippen molar-refractivity contribution in [2.75, 3.05) is 32.1 Å². The van der Waals surface area contributed by atoms with Crippen molar-refractivity contribution in [3.8, 4) is 16.9 Å². The number of benzene rings is 2. The maximum absolute atomic E-state index is 11.7. The minimum atomic E-state index is -0.582. The van der Waals surface area contributed by atoms with E-state index in [0.29, 0.717) is 22.2 Å². The lowest BCUT2D eigenvalue weighted by Crippen LogP contribution is -2.25. The zero-order chi connectivity index (χ0) is 31.2. The van der Waals surface area contributed by atoms with E-state index in [1.54, 1.807) is 31.4 Å². The van der Waals surface area contributed by atoms with Gasteiger partial charge < -0.3 is 15.0 Å². The smallest absolute Gasteiger partial charge is 0.254 e. The molecule has 0 radical (unpaired) electrons. The van der Waals surface area contributed by atoms with Gasteiger partial charge in [-0.25, -0.2) is 4.98 Å². The Morgan fingerprint density at radius 2 is 1.52 bits per heavy atom. The van der Waals surface area contributed by atoms with Crippen LogP contribution in [0.4, 0.5) is 5.69 Å². The lowest BCUT2D eigenvalue weighted by Gasteiger charge is -2.22. The highest BCUT2D eigenvalue weighted by atomic mass is 35.5. The minimum Gasteiger partial charge on any atom is -0.497 e. The van der Waals surface area contributed by atoms with Crippen molar-refractivity contribution in [3.05, 3.63) is 89.5 Å². The normalized spacial score (nSPS) is 12.9. The number of ether oxygens (including phenoxy) is 1. The Balaban J connectivity index is 0.000000201. The third-order valence-corrected chi connectivity index (χ3v) is 8.12. The number of carbonyl (C=O) groups is 2. The Bertz CT molecular complexity index is 1770. The molecule has 1 aliphatic carbocycles.